The van der Waals surface area contributed by atoms with Crippen LogP contribution in [-0.2, 0) is 0 Å². The lowest BCUT2D eigenvalue weighted by molar-refractivity contribution is -0.384. The van der Waals surface area contributed by atoms with Crippen LogP contribution in [0.1, 0.15) is 0 Å². The van der Waals surface area contributed by atoms with Crippen LogP contribution in [0.15, 0.2) is 24.3 Å². The molecule has 0 heterocycles. The molecule has 0 spiro atoms. The van der Waals surface area contributed by atoms with Gasteiger partial charge in [-0.05, 0) is 12.1 Å². The summed E-state index contributed by atoms with van der Waals surface area (Å²) in [4.78, 5) is 9.62. The summed E-state index contributed by atoms with van der Waals surface area (Å²) in [5, 5.41) is 12.3. The quantitative estimate of drug-likeness (QED) is 0.629. The van der Waals surface area contributed by atoms with Crippen molar-refractivity contribution in [2.75, 3.05) is 11.9 Å². The highest BCUT2D eigenvalue weighted by atomic mass is 19.4. The van der Waals surface area contributed by atoms with Gasteiger partial charge in [-0.15, -0.1) is 0 Å². The highest BCUT2D eigenvalue weighted by Crippen LogP contribution is 2.18. The monoisotopic (exact) mass is 220 g/mol. The van der Waals surface area contributed by atoms with Gasteiger partial charge in [0.25, 0.3) is 5.69 Å². The van der Waals surface area contributed by atoms with Gasteiger partial charge in [0.15, 0.2) is 0 Å². The van der Waals surface area contributed by atoms with Gasteiger partial charge in [-0.2, -0.15) is 13.2 Å². The predicted octanol–water partition coefficient (Wildman–Crippen LogP) is 2.57. The number of nitrogens with zero attached hydrogens (tertiary/aromatic N) is 1. The SMILES string of the molecule is O=[N+]([O-])c1ccc(NCC(F)(F)F)cc1. The van der Waals surface area contributed by atoms with Gasteiger partial charge in [0.2, 0.25) is 0 Å². The molecule has 0 radical (unpaired) electrons. The minimum Gasteiger partial charge on any atom is -0.376 e. The molecule has 0 aliphatic heterocycles. The van der Waals surface area contributed by atoms with E-state index >= 15 is 0 Å². The number of benzene rings is 1. The van der Waals surface area contributed by atoms with Gasteiger partial charge in [-0.3, -0.25) is 10.1 Å². The van der Waals surface area contributed by atoms with Gasteiger partial charge < -0.3 is 5.32 Å². The number of alkyl halides is 3. The largest absolute Gasteiger partial charge is 0.405 e. The molecule has 1 aromatic rings. The van der Waals surface area contributed by atoms with Crippen LogP contribution in [0.5, 0.6) is 0 Å². The molecule has 0 bridgehead atoms. The van der Waals surface area contributed by atoms with Crippen molar-refractivity contribution in [3.8, 4) is 0 Å². The molecule has 15 heavy (non-hydrogen) atoms. The van der Waals surface area contributed by atoms with E-state index < -0.39 is 17.6 Å². The zero-order chi connectivity index (χ0) is 11.5. The normalized spacial score (nSPS) is 11.1. The second-order valence-corrected chi connectivity index (χ2v) is 2.77. The number of halogens is 3. The van der Waals surface area contributed by atoms with E-state index in [0.29, 0.717) is 0 Å². The Balaban J connectivity index is 2.61. The van der Waals surface area contributed by atoms with E-state index in [9.17, 15) is 23.3 Å². The van der Waals surface area contributed by atoms with Crippen LogP contribution in [0.25, 0.3) is 0 Å². The second-order valence-electron chi connectivity index (χ2n) is 2.77. The Morgan fingerprint density at radius 3 is 2.20 bits per heavy atom. The zero-order valence-electron chi connectivity index (χ0n) is 7.41. The van der Waals surface area contributed by atoms with Crippen LogP contribution in [0, 0.1) is 10.1 Å². The predicted molar refractivity (Wildman–Crippen MR) is 47.6 cm³/mol. The molecule has 1 N–H and O–H groups in total. The third-order valence-corrected chi connectivity index (χ3v) is 1.57. The summed E-state index contributed by atoms with van der Waals surface area (Å²) in [5.74, 6) is 0. The first kappa shape index (κ1) is 11.3. The number of hydrogen-bond acceptors (Lipinski definition) is 3. The van der Waals surface area contributed by atoms with E-state index in [2.05, 4.69) is 5.32 Å². The molecule has 1 aromatic carbocycles. The Kier molecular flexibility index (Phi) is 3.13. The average molecular weight is 220 g/mol. The fourth-order valence-electron chi connectivity index (χ4n) is 0.903. The third-order valence-electron chi connectivity index (χ3n) is 1.57. The fourth-order valence-corrected chi connectivity index (χ4v) is 0.903. The number of nitro groups is 1. The second kappa shape index (κ2) is 4.16. The van der Waals surface area contributed by atoms with Crippen molar-refractivity contribution >= 4 is 11.4 Å². The van der Waals surface area contributed by atoms with Crippen LogP contribution in [-0.4, -0.2) is 17.6 Å². The van der Waals surface area contributed by atoms with E-state index in [1.54, 1.807) is 0 Å². The minimum absolute atomic E-state index is 0.160. The Bertz CT molecular complexity index is 348. The summed E-state index contributed by atoms with van der Waals surface area (Å²) in [6.07, 6.45) is -4.30. The van der Waals surface area contributed by atoms with Crippen molar-refractivity contribution in [3.05, 3.63) is 34.4 Å². The molecule has 0 unspecified atom stereocenters. The number of nitro benzene ring substituents is 1. The van der Waals surface area contributed by atoms with Crippen LogP contribution < -0.4 is 5.32 Å². The Morgan fingerprint density at radius 2 is 1.80 bits per heavy atom. The molecule has 4 nitrogen and oxygen atoms in total. The Labute approximate surface area is 82.9 Å². The molecule has 0 amide bonds. The molecule has 1 rings (SSSR count). The summed E-state index contributed by atoms with van der Waals surface area (Å²) < 4.78 is 35.3. The fraction of sp³-hybridized carbons (Fsp3) is 0.250. The van der Waals surface area contributed by atoms with Gasteiger partial charge >= 0.3 is 6.18 Å². The molecular weight excluding hydrogens is 213 g/mol. The number of nitrogens with one attached hydrogen (secondary N) is 1. The van der Waals surface area contributed by atoms with Crippen LogP contribution in [0.3, 0.4) is 0 Å². The summed E-state index contributed by atoms with van der Waals surface area (Å²) in [6.45, 7) is -1.16. The summed E-state index contributed by atoms with van der Waals surface area (Å²) in [5.41, 5.74) is 0.0329. The number of anilines is 1. The van der Waals surface area contributed by atoms with Gasteiger partial charge in [0.05, 0.1) is 4.92 Å². The Morgan fingerprint density at radius 1 is 1.27 bits per heavy atom. The molecular formula is C8H7F3N2O2. The zero-order valence-corrected chi connectivity index (χ0v) is 7.41. The number of non-ortho nitro benzene ring substituents is 1. The Hall–Kier alpha value is -1.79. The number of rotatable bonds is 3. The average Bonchev–Trinajstić information content (AvgIpc) is 2.14. The van der Waals surface area contributed by atoms with Crippen molar-refractivity contribution in [2.45, 2.75) is 6.18 Å². The first-order valence-corrected chi connectivity index (χ1v) is 3.93. The minimum atomic E-state index is -4.30. The van der Waals surface area contributed by atoms with Gasteiger partial charge in [0.1, 0.15) is 6.54 Å². The van der Waals surface area contributed by atoms with E-state index in [4.69, 9.17) is 0 Å². The van der Waals surface area contributed by atoms with Crippen molar-refractivity contribution in [2.24, 2.45) is 0 Å². The smallest absolute Gasteiger partial charge is 0.376 e. The van der Waals surface area contributed by atoms with Crippen LogP contribution >= 0.6 is 0 Å². The lowest BCUT2D eigenvalue weighted by Crippen LogP contribution is -2.21. The molecule has 0 aromatic heterocycles. The maximum Gasteiger partial charge on any atom is 0.405 e. The lowest BCUT2D eigenvalue weighted by Gasteiger charge is -2.08. The van der Waals surface area contributed by atoms with E-state index in [1.165, 1.54) is 12.1 Å². The highest BCUT2D eigenvalue weighted by Gasteiger charge is 2.26. The summed E-state index contributed by atoms with van der Waals surface area (Å²) in [6, 6.07) is 4.73. The van der Waals surface area contributed by atoms with Crippen molar-refractivity contribution in [1.29, 1.82) is 0 Å². The molecule has 0 saturated carbocycles. The first-order chi connectivity index (χ1) is 6.88. The van der Waals surface area contributed by atoms with Crippen LogP contribution in [0.4, 0.5) is 24.5 Å². The summed E-state index contributed by atoms with van der Waals surface area (Å²) in [7, 11) is 0. The molecule has 0 saturated heterocycles. The van der Waals surface area contributed by atoms with Gasteiger partial charge in [0, 0.05) is 17.8 Å². The van der Waals surface area contributed by atoms with Crippen LogP contribution in [0.2, 0.25) is 0 Å². The molecule has 82 valence electrons. The van der Waals surface area contributed by atoms with Crippen molar-refractivity contribution in [1.82, 2.24) is 0 Å². The highest BCUT2D eigenvalue weighted by molar-refractivity contribution is 5.48. The third kappa shape index (κ3) is 3.84. The van der Waals surface area contributed by atoms with Gasteiger partial charge in [-0.25, -0.2) is 0 Å². The van der Waals surface area contributed by atoms with E-state index in [-0.39, 0.29) is 11.4 Å². The molecule has 0 aliphatic carbocycles. The van der Waals surface area contributed by atoms with Gasteiger partial charge in [-0.1, -0.05) is 0 Å². The van der Waals surface area contributed by atoms with E-state index in [0.717, 1.165) is 12.1 Å². The van der Waals surface area contributed by atoms with E-state index in [1.807, 2.05) is 0 Å². The maximum absolute atomic E-state index is 11.8. The molecule has 0 atom stereocenters. The standard InChI is InChI=1S/C8H7F3N2O2/c9-8(10,11)5-12-6-1-3-7(4-2-6)13(14)15/h1-4,12H,5H2. The molecule has 0 aliphatic rings. The van der Waals surface area contributed by atoms with Crippen molar-refractivity contribution in [3.63, 3.8) is 0 Å². The molecule has 0 fully saturated rings. The van der Waals surface area contributed by atoms with Crippen molar-refractivity contribution < 1.29 is 18.1 Å². The lowest BCUT2D eigenvalue weighted by atomic mass is 10.3. The molecule has 7 heteroatoms. The maximum atomic E-state index is 11.8. The summed E-state index contributed by atoms with van der Waals surface area (Å²) >= 11 is 0. The topological polar surface area (TPSA) is 55.2 Å². The first-order valence-electron chi connectivity index (χ1n) is 3.93. The number of hydrogen-bond donors (Lipinski definition) is 1.